The van der Waals surface area contributed by atoms with Crippen LogP contribution in [0.15, 0.2) is 12.1 Å². The van der Waals surface area contributed by atoms with E-state index in [0.717, 1.165) is 0 Å². The predicted octanol–water partition coefficient (Wildman–Crippen LogP) is 4.59. The number of rotatable bonds is 0. The number of alkyl halides is 2. The molecule has 0 fully saturated rings. The van der Waals surface area contributed by atoms with Crippen LogP contribution in [0.25, 0.3) is 0 Å². The Hall–Kier alpha value is -0.990. The van der Waals surface area contributed by atoms with Gasteiger partial charge < -0.3 is 0 Å². The summed E-state index contributed by atoms with van der Waals surface area (Å²) in [4.78, 5) is 0. The Balaban J connectivity index is 2.66. The summed E-state index contributed by atoms with van der Waals surface area (Å²) in [5.41, 5.74) is -0.522. The third-order valence-electron chi connectivity index (χ3n) is 4.04. The molecule has 0 saturated heterocycles. The van der Waals surface area contributed by atoms with E-state index in [2.05, 4.69) is 0 Å². The van der Waals surface area contributed by atoms with Gasteiger partial charge in [-0.3, -0.25) is 0 Å². The standard InChI is InChI=1S/C15H19F3/c1-13(2,3)11-7-6-10-9(12(11)16)8-15(17,18)14(10,4)5/h6-7H,8H2,1-5H3. The minimum Gasteiger partial charge on any atom is -0.206 e. The second-order valence-corrected chi connectivity index (χ2v) is 6.71. The highest BCUT2D eigenvalue weighted by Crippen LogP contribution is 2.50. The Morgan fingerprint density at radius 2 is 1.67 bits per heavy atom. The van der Waals surface area contributed by atoms with Gasteiger partial charge in [0.25, 0.3) is 5.92 Å². The van der Waals surface area contributed by atoms with Gasteiger partial charge in [-0.1, -0.05) is 32.9 Å². The van der Waals surface area contributed by atoms with Crippen LogP contribution >= 0.6 is 0 Å². The molecule has 1 aromatic rings. The van der Waals surface area contributed by atoms with E-state index in [9.17, 15) is 13.2 Å². The lowest BCUT2D eigenvalue weighted by Crippen LogP contribution is -2.36. The third kappa shape index (κ3) is 1.67. The molecule has 0 atom stereocenters. The second kappa shape index (κ2) is 3.52. The van der Waals surface area contributed by atoms with Gasteiger partial charge in [0, 0.05) is 6.42 Å². The molecule has 0 saturated carbocycles. The lowest BCUT2D eigenvalue weighted by Gasteiger charge is -2.27. The molecule has 18 heavy (non-hydrogen) atoms. The van der Waals surface area contributed by atoms with Crippen LogP contribution in [0.2, 0.25) is 0 Å². The van der Waals surface area contributed by atoms with Crippen molar-refractivity contribution < 1.29 is 13.2 Å². The molecule has 0 heterocycles. The Kier molecular flexibility index (Phi) is 2.63. The van der Waals surface area contributed by atoms with Crippen molar-refractivity contribution in [3.8, 4) is 0 Å². The van der Waals surface area contributed by atoms with Gasteiger partial charge in [-0.2, -0.15) is 0 Å². The fourth-order valence-electron chi connectivity index (χ4n) is 2.60. The molecule has 0 bridgehead atoms. The van der Waals surface area contributed by atoms with E-state index in [1.165, 1.54) is 13.8 Å². The first kappa shape index (κ1) is 13.4. The smallest absolute Gasteiger partial charge is 0.206 e. The zero-order valence-corrected chi connectivity index (χ0v) is 11.5. The van der Waals surface area contributed by atoms with Crippen LogP contribution in [-0.2, 0) is 17.3 Å². The molecule has 2 rings (SSSR count). The molecule has 0 amide bonds. The summed E-state index contributed by atoms with van der Waals surface area (Å²) in [7, 11) is 0. The van der Waals surface area contributed by atoms with E-state index in [4.69, 9.17) is 0 Å². The van der Waals surface area contributed by atoms with Crippen molar-refractivity contribution in [2.24, 2.45) is 0 Å². The van der Waals surface area contributed by atoms with Crippen molar-refractivity contribution in [2.45, 2.75) is 57.8 Å². The summed E-state index contributed by atoms with van der Waals surface area (Å²) < 4.78 is 42.3. The maximum absolute atomic E-state index is 14.4. The van der Waals surface area contributed by atoms with Gasteiger partial charge in [-0.25, -0.2) is 13.2 Å². The van der Waals surface area contributed by atoms with Crippen LogP contribution in [0.4, 0.5) is 13.2 Å². The molecule has 1 aliphatic rings. The average Bonchev–Trinajstić information content (AvgIpc) is 2.35. The number of halogens is 3. The molecular weight excluding hydrogens is 237 g/mol. The molecule has 3 heteroatoms. The van der Waals surface area contributed by atoms with Crippen molar-refractivity contribution in [2.75, 3.05) is 0 Å². The Morgan fingerprint density at radius 3 is 2.17 bits per heavy atom. The fraction of sp³-hybridized carbons (Fsp3) is 0.600. The van der Waals surface area contributed by atoms with Crippen molar-refractivity contribution in [3.05, 3.63) is 34.6 Å². The van der Waals surface area contributed by atoms with Gasteiger partial charge in [0.15, 0.2) is 0 Å². The van der Waals surface area contributed by atoms with E-state index in [-0.39, 0.29) is 11.0 Å². The summed E-state index contributed by atoms with van der Waals surface area (Å²) in [5.74, 6) is -3.34. The number of hydrogen-bond acceptors (Lipinski definition) is 0. The summed E-state index contributed by atoms with van der Waals surface area (Å²) in [6.07, 6.45) is -0.495. The molecular formula is C15H19F3. The lowest BCUT2D eigenvalue weighted by atomic mass is 9.81. The van der Waals surface area contributed by atoms with Gasteiger partial charge in [0.05, 0.1) is 5.41 Å². The van der Waals surface area contributed by atoms with Gasteiger partial charge in [0.2, 0.25) is 0 Å². The fourth-order valence-corrected chi connectivity index (χ4v) is 2.60. The lowest BCUT2D eigenvalue weighted by molar-refractivity contribution is -0.0514. The highest BCUT2D eigenvalue weighted by Gasteiger charge is 2.55. The van der Waals surface area contributed by atoms with Crippen molar-refractivity contribution in [1.82, 2.24) is 0 Å². The molecule has 0 aliphatic heterocycles. The first-order valence-corrected chi connectivity index (χ1v) is 6.18. The minimum atomic E-state index is -2.88. The van der Waals surface area contributed by atoms with Gasteiger partial charge in [0.1, 0.15) is 5.82 Å². The molecule has 0 spiro atoms. The summed E-state index contributed by atoms with van der Waals surface area (Å²) in [6, 6.07) is 3.32. The summed E-state index contributed by atoms with van der Waals surface area (Å²) in [5, 5.41) is 0. The van der Waals surface area contributed by atoms with Gasteiger partial charge in [-0.05, 0) is 36.0 Å². The van der Waals surface area contributed by atoms with Crippen LogP contribution in [0.3, 0.4) is 0 Å². The third-order valence-corrected chi connectivity index (χ3v) is 4.04. The highest BCUT2D eigenvalue weighted by molar-refractivity contribution is 5.47. The topological polar surface area (TPSA) is 0 Å². The van der Waals surface area contributed by atoms with Crippen LogP contribution < -0.4 is 0 Å². The zero-order chi connectivity index (χ0) is 13.9. The molecule has 0 radical (unpaired) electrons. The predicted molar refractivity (Wildman–Crippen MR) is 66.8 cm³/mol. The molecule has 100 valence electrons. The Morgan fingerprint density at radius 1 is 1.11 bits per heavy atom. The first-order chi connectivity index (χ1) is 7.98. The number of fused-ring (bicyclic) bond motifs is 1. The Bertz CT molecular complexity index is 493. The SMILES string of the molecule is CC(C)(C)c1ccc2c(c1F)CC(F)(F)C2(C)C. The second-order valence-electron chi connectivity index (χ2n) is 6.71. The van der Waals surface area contributed by atoms with Crippen molar-refractivity contribution in [3.63, 3.8) is 0 Å². The van der Waals surface area contributed by atoms with Crippen LogP contribution in [0.5, 0.6) is 0 Å². The van der Waals surface area contributed by atoms with E-state index < -0.39 is 23.6 Å². The quantitative estimate of drug-likeness (QED) is 0.636. The van der Waals surface area contributed by atoms with Crippen LogP contribution in [0, 0.1) is 5.82 Å². The maximum Gasteiger partial charge on any atom is 0.261 e. The largest absolute Gasteiger partial charge is 0.261 e. The van der Waals surface area contributed by atoms with E-state index >= 15 is 0 Å². The maximum atomic E-state index is 14.4. The van der Waals surface area contributed by atoms with Gasteiger partial charge in [-0.15, -0.1) is 0 Å². The normalized spacial score (nSPS) is 20.9. The monoisotopic (exact) mass is 256 g/mol. The zero-order valence-electron chi connectivity index (χ0n) is 11.5. The van der Waals surface area contributed by atoms with Crippen molar-refractivity contribution >= 4 is 0 Å². The van der Waals surface area contributed by atoms with Gasteiger partial charge >= 0.3 is 0 Å². The molecule has 1 aromatic carbocycles. The van der Waals surface area contributed by atoms with Crippen LogP contribution in [-0.4, -0.2) is 5.92 Å². The minimum absolute atomic E-state index is 0.192. The highest BCUT2D eigenvalue weighted by atomic mass is 19.3. The summed E-state index contributed by atoms with van der Waals surface area (Å²) >= 11 is 0. The number of benzene rings is 1. The summed E-state index contributed by atoms with van der Waals surface area (Å²) in [6.45, 7) is 8.62. The molecule has 0 N–H and O–H groups in total. The van der Waals surface area contributed by atoms with Crippen molar-refractivity contribution in [1.29, 1.82) is 0 Å². The molecule has 0 nitrogen and oxygen atoms in total. The van der Waals surface area contributed by atoms with E-state index in [1.807, 2.05) is 20.8 Å². The van der Waals surface area contributed by atoms with E-state index in [1.54, 1.807) is 12.1 Å². The first-order valence-electron chi connectivity index (χ1n) is 6.18. The van der Waals surface area contributed by atoms with E-state index in [0.29, 0.717) is 11.1 Å². The number of hydrogen-bond donors (Lipinski definition) is 0. The molecule has 0 aromatic heterocycles. The Labute approximate surface area is 106 Å². The molecule has 0 unspecified atom stereocenters. The average molecular weight is 256 g/mol. The molecule has 1 aliphatic carbocycles. The van der Waals surface area contributed by atoms with Crippen LogP contribution in [0.1, 0.15) is 51.3 Å².